The molecule has 0 aliphatic heterocycles. The molecule has 0 heterocycles. The van der Waals surface area contributed by atoms with E-state index < -0.39 is 6.10 Å². The van der Waals surface area contributed by atoms with Crippen molar-refractivity contribution in [1.82, 2.24) is 0 Å². The number of carbonyl (C=O) groups excluding carboxylic acids is 3. The van der Waals surface area contributed by atoms with E-state index in [9.17, 15) is 14.4 Å². The molecule has 0 bridgehead atoms. The fraction of sp³-hybridized carbons (Fsp3) is 0.672. The number of esters is 3. The number of carbonyl (C=O) groups is 3. The van der Waals surface area contributed by atoms with Crippen molar-refractivity contribution < 1.29 is 28.6 Å². The summed E-state index contributed by atoms with van der Waals surface area (Å²) in [5.74, 6) is -0.975. The summed E-state index contributed by atoms with van der Waals surface area (Å²) in [7, 11) is 0. The molecule has 1 unspecified atom stereocenters. The minimum atomic E-state index is -0.809. The number of hydrogen-bond donors (Lipinski definition) is 0. The fourth-order valence-corrected chi connectivity index (χ4v) is 7.70. The monoisotopic (exact) mass is 971 g/mol. The molecule has 0 radical (unpaired) electrons. The van der Waals surface area contributed by atoms with Crippen LogP contribution in [0.1, 0.15) is 258 Å². The van der Waals surface area contributed by atoms with Gasteiger partial charge in [-0.2, -0.15) is 0 Å². The summed E-state index contributed by atoms with van der Waals surface area (Å²) < 4.78 is 16.8. The predicted octanol–water partition coefficient (Wildman–Crippen LogP) is 19.5. The Morgan fingerprint density at radius 2 is 0.571 bits per heavy atom. The van der Waals surface area contributed by atoms with Gasteiger partial charge in [-0.25, -0.2) is 0 Å². The molecule has 0 aromatic carbocycles. The summed E-state index contributed by atoms with van der Waals surface area (Å²) >= 11 is 0. The van der Waals surface area contributed by atoms with Gasteiger partial charge in [0.05, 0.1) is 0 Å². The first-order valence-electron chi connectivity index (χ1n) is 28.9. The van der Waals surface area contributed by atoms with E-state index in [1.165, 1.54) is 96.3 Å². The molecule has 0 amide bonds. The molecule has 0 aromatic heterocycles. The Labute approximate surface area is 431 Å². The zero-order valence-electron chi connectivity index (χ0n) is 45.5. The first-order valence-corrected chi connectivity index (χ1v) is 28.9. The van der Waals surface area contributed by atoms with Crippen molar-refractivity contribution in [2.24, 2.45) is 0 Å². The molecule has 0 fully saturated rings. The van der Waals surface area contributed by atoms with Gasteiger partial charge < -0.3 is 14.2 Å². The van der Waals surface area contributed by atoms with Gasteiger partial charge in [0.15, 0.2) is 6.10 Å². The van der Waals surface area contributed by atoms with Gasteiger partial charge in [-0.1, -0.05) is 246 Å². The Balaban J connectivity index is 4.49. The molecule has 6 nitrogen and oxygen atoms in total. The summed E-state index contributed by atoms with van der Waals surface area (Å²) in [4.78, 5) is 38.1. The van der Waals surface area contributed by atoms with Gasteiger partial charge in [0, 0.05) is 19.3 Å². The standard InChI is InChI=1S/C64H106O6/c1-4-7-10-13-16-19-22-25-28-29-30-31-32-33-34-35-37-39-42-45-48-51-54-57-63(66)69-60-61(59-68-62(65)56-53-50-47-44-41-38-27-24-21-18-15-12-9-6-3)70-64(67)58-55-52-49-46-43-40-36-26-23-20-17-14-11-8-5-2/h7,10,16-17,19-20,25-26,28,30-31,33-34,36-37,39,45,48,61H,4-6,8-9,11-15,18,21-24,27,29,32,35,38,40-44,46-47,49-60H2,1-3H3/b10-7-,19-16-,20-17-,28-25-,31-30-,34-33-,36-26-,39-37-,48-45-. The van der Waals surface area contributed by atoms with Crippen molar-refractivity contribution in [3.63, 3.8) is 0 Å². The van der Waals surface area contributed by atoms with Crippen molar-refractivity contribution >= 4 is 17.9 Å². The van der Waals surface area contributed by atoms with Gasteiger partial charge in [0.2, 0.25) is 0 Å². The molecule has 1 atom stereocenters. The SMILES string of the molecule is CC/C=C\C/C=C\C/C=C\C/C=C\C/C=C\C/C=C\C/C=C\CCCC(=O)OCC(COC(=O)CCCCCCCCCCCCCCCC)OC(=O)CCCCCCC/C=C\C/C=C\CCCCC. The van der Waals surface area contributed by atoms with Crippen LogP contribution < -0.4 is 0 Å². The number of allylic oxidation sites excluding steroid dienone is 18. The number of ether oxygens (including phenoxy) is 3. The highest BCUT2D eigenvalue weighted by molar-refractivity contribution is 5.71. The minimum Gasteiger partial charge on any atom is -0.462 e. The lowest BCUT2D eigenvalue weighted by atomic mass is 10.0. The number of unbranched alkanes of at least 4 members (excludes halogenated alkanes) is 22. The average molecular weight is 972 g/mol. The van der Waals surface area contributed by atoms with Crippen molar-refractivity contribution in [3.8, 4) is 0 Å². The molecule has 0 N–H and O–H groups in total. The van der Waals surface area contributed by atoms with Gasteiger partial charge in [-0.05, 0) is 103 Å². The summed E-state index contributed by atoms with van der Waals surface area (Å²) in [6.45, 7) is 6.44. The van der Waals surface area contributed by atoms with Crippen LogP contribution >= 0.6 is 0 Å². The lowest BCUT2D eigenvalue weighted by Crippen LogP contribution is -2.30. The number of hydrogen-bond acceptors (Lipinski definition) is 6. The molecule has 0 saturated heterocycles. The molecular formula is C64H106O6. The van der Waals surface area contributed by atoms with Crippen LogP contribution in [-0.2, 0) is 28.6 Å². The van der Waals surface area contributed by atoms with E-state index in [0.717, 1.165) is 116 Å². The second-order valence-corrected chi connectivity index (χ2v) is 18.8. The molecule has 70 heavy (non-hydrogen) atoms. The quantitative estimate of drug-likeness (QED) is 0.0262. The van der Waals surface area contributed by atoms with Crippen LogP contribution in [0.3, 0.4) is 0 Å². The van der Waals surface area contributed by atoms with E-state index >= 15 is 0 Å². The first kappa shape index (κ1) is 66.1. The van der Waals surface area contributed by atoms with E-state index in [1.807, 2.05) is 0 Å². The third-order valence-corrected chi connectivity index (χ3v) is 12.0. The topological polar surface area (TPSA) is 78.9 Å². The molecule has 0 saturated carbocycles. The van der Waals surface area contributed by atoms with Gasteiger partial charge in [-0.15, -0.1) is 0 Å². The maximum Gasteiger partial charge on any atom is 0.306 e. The van der Waals surface area contributed by atoms with Crippen LogP contribution in [0, 0.1) is 0 Å². The van der Waals surface area contributed by atoms with Gasteiger partial charge in [-0.3, -0.25) is 14.4 Å². The molecule has 398 valence electrons. The normalized spacial score (nSPS) is 12.9. The highest BCUT2D eigenvalue weighted by Crippen LogP contribution is 2.15. The Hall–Kier alpha value is -3.93. The van der Waals surface area contributed by atoms with Crippen LogP contribution in [0.15, 0.2) is 109 Å². The maximum absolute atomic E-state index is 12.8. The zero-order valence-corrected chi connectivity index (χ0v) is 45.5. The molecule has 0 aromatic rings. The molecule has 0 spiro atoms. The summed E-state index contributed by atoms with van der Waals surface area (Å²) in [6, 6.07) is 0. The summed E-state index contributed by atoms with van der Waals surface area (Å²) in [5, 5.41) is 0. The average Bonchev–Trinajstić information content (AvgIpc) is 3.36. The second kappa shape index (κ2) is 57.6. The number of rotatable bonds is 51. The van der Waals surface area contributed by atoms with Crippen LogP contribution in [0.2, 0.25) is 0 Å². The van der Waals surface area contributed by atoms with Gasteiger partial charge in [0.25, 0.3) is 0 Å². The smallest absolute Gasteiger partial charge is 0.306 e. The molecular weight excluding hydrogens is 865 g/mol. The Kier molecular flexibility index (Phi) is 54.4. The molecule has 0 aliphatic rings. The Morgan fingerprint density at radius 1 is 0.300 bits per heavy atom. The highest BCUT2D eigenvalue weighted by Gasteiger charge is 2.19. The lowest BCUT2D eigenvalue weighted by molar-refractivity contribution is -0.167. The second-order valence-electron chi connectivity index (χ2n) is 18.8. The van der Waals surface area contributed by atoms with Crippen LogP contribution in [0.5, 0.6) is 0 Å². The lowest BCUT2D eigenvalue weighted by Gasteiger charge is -2.18. The van der Waals surface area contributed by atoms with Crippen molar-refractivity contribution in [2.75, 3.05) is 13.2 Å². The van der Waals surface area contributed by atoms with E-state index in [4.69, 9.17) is 14.2 Å². The Morgan fingerprint density at radius 3 is 0.957 bits per heavy atom. The van der Waals surface area contributed by atoms with Crippen molar-refractivity contribution in [1.29, 1.82) is 0 Å². The molecule has 0 rings (SSSR count). The van der Waals surface area contributed by atoms with E-state index in [2.05, 4.69) is 130 Å². The summed E-state index contributed by atoms with van der Waals surface area (Å²) in [5.41, 5.74) is 0. The van der Waals surface area contributed by atoms with E-state index in [0.29, 0.717) is 19.3 Å². The third kappa shape index (κ3) is 55.0. The van der Waals surface area contributed by atoms with Crippen molar-refractivity contribution in [2.45, 2.75) is 264 Å². The summed E-state index contributed by atoms with van der Waals surface area (Å²) in [6.07, 6.45) is 77.9. The highest BCUT2D eigenvalue weighted by atomic mass is 16.6. The van der Waals surface area contributed by atoms with Crippen LogP contribution in [0.25, 0.3) is 0 Å². The fourth-order valence-electron chi connectivity index (χ4n) is 7.70. The van der Waals surface area contributed by atoms with Gasteiger partial charge in [0.1, 0.15) is 13.2 Å². The van der Waals surface area contributed by atoms with Crippen molar-refractivity contribution in [3.05, 3.63) is 109 Å². The predicted molar refractivity (Wildman–Crippen MR) is 302 cm³/mol. The first-order chi connectivity index (χ1) is 34.5. The van der Waals surface area contributed by atoms with Gasteiger partial charge >= 0.3 is 17.9 Å². The molecule has 6 heteroatoms. The van der Waals surface area contributed by atoms with E-state index in [-0.39, 0.29) is 37.5 Å². The van der Waals surface area contributed by atoms with Crippen LogP contribution in [0.4, 0.5) is 0 Å². The van der Waals surface area contributed by atoms with E-state index in [1.54, 1.807) is 0 Å². The molecule has 0 aliphatic carbocycles. The maximum atomic E-state index is 12.8. The van der Waals surface area contributed by atoms with Crippen LogP contribution in [-0.4, -0.2) is 37.2 Å². The Bertz CT molecular complexity index is 1440. The third-order valence-electron chi connectivity index (χ3n) is 12.0. The largest absolute Gasteiger partial charge is 0.462 e. The zero-order chi connectivity index (χ0) is 50.7. The minimum absolute atomic E-state index is 0.101.